The topological polar surface area (TPSA) is 18.5 Å². The third kappa shape index (κ3) is 2.01. The van der Waals surface area contributed by atoms with E-state index < -0.39 is 11.6 Å². The Morgan fingerprint density at radius 2 is 2.14 bits per heavy atom. The second kappa shape index (κ2) is 3.92. The molecule has 0 amide bonds. The highest BCUT2D eigenvalue weighted by Crippen LogP contribution is 2.19. The lowest BCUT2D eigenvalue weighted by molar-refractivity contribution is -0.0513. The van der Waals surface area contributed by atoms with Gasteiger partial charge in [0.1, 0.15) is 5.82 Å². The average molecular weight is 200 g/mol. The standard InChI is InChI=1S/C10H10F2O2/c11-8-1-2-10(9(12)3-8)14-6-7-4-13-5-7/h1-3,7H,4-6H2. The molecule has 76 valence electrons. The number of benzene rings is 1. The predicted molar refractivity (Wildman–Crippen MR) is 46.2 cm³/mol. The maximum absolute atomic E-state index is 13.0. The van der Waals surface area contributed by atoms with Crippen LogP contribution in [0.25, 0.3) is 0 Å². The summed E-state index contributed by atoms with van der Waals surface area (Å²) in [7, 11) is 0. The van der Waals surface area contributed by atoms with Crippen LogP contribution in [0.2, 0.25) is 0 Å². The second-order valence-electron chi connectivity index (χ2n) is 3.29. The van der Waals surface area contributed by atoms with E-state index in [1.165, 1.54) is 12.1 Å². The highest BCUT2D eigenvalue weighted by Gasteiger charge is 2.19. The first-order chi connectivity index (χ1) is 6.75. The summed E-state index contributed by atoms with van der Waals surface area (Å²) in [6.45, 7) is 1.73. The maximum Gasteiger partial charge on any atom is 0.167 e. The first kappa shape index (κ1) is 9.40. The van der Waals surface area contributed by atoms with Gasteiger partial charge in [0.05, 0.1) is 19.8 Å². The molecule has 0 bridgehead atoms. The molecule has 1 aromatic rings. The molecular weight excluding hydrogens is 190 g/mol. The van der Waals surface area contributed by atoms with Gasteiger partial charge in [-0.15, -0.1) is 0 Å². The molecule has 0 spiro atoms. The fourth-order valence-corrected chi connectivity index (χ4v) is 1.18. The number of hydrogen-bond acceptors (Lipinski definition) is 2. The van der Waals surface area contributed by atoms with Crippen molar-refractivity contribution in [1.29, 1.82) is 0 Å². The number of rotatable bonds is 3. The van der Waals surface area contributed by atoms with Crippen molar-refractivity contribution in [3.05, 3.63) is 29.8 Å². The van der Waals surface area contributed by atoms with Crippen molar-refractivity contribution in [2.75, 3.05) is 19.8 Å². The third-order valence-corrected chi connectivity index (χ3v) is 2.08. The van der Waals surface area contributed by atoms with E-state index in [1.807, 2.05) is 0 Å². The SMILES string of the molecule is Fc1ccc(OCC2COC2)c(F)c1. The van der Waals surface area contributed by atoms with Crippen LogP contribution in [0.3, 0.4) is 0 Å². The van der Waals surface area contributed by atoms with E-state index in [1.54, 1.807) is 0 Å². The normalized spacial score (nSPS) is 16.4. The van der Waals surface area contributed by atoms with Gasteiger partial charge in [-0.05, 0) is 12.1 Å². The minimum absolute atomic E-state index is 0.0956. The molecule has 0 N–H and O–H groups in total. The Morgan fingerprint density at radius 3 is 2.71 bits per heavy atom. The first-order valence-corrected chi connectivity index (χ1v) is 4.41. The Labute approximate surface area is 80.4 Å². The van der Waals surface area contributed by atoms with Crippen molar-refractivity contribution in [2.24, 2.45) is 5.92 Å². The van der Waals surface area contributed by atoms with Crippen molar-refractivity contribution >= 4 is 0 Å². The average Bonchev–Trinajstić information content (AvgIpc) is 2.05. The van der Waals surface area contributed by atoms with Crippen molar-refractivity contribution in [3.63, 3.8) is 0 Å². The summed E-state index contributed by atoms with van der Waals surface area (Å²) < 4.78 is 35.6. The molecule has 0 aliphatic carbocycles. The molecule has 14 heavy (non-hydrogen) atoms. The van der Waals surface area contributed by atoms with Gasteiger partial charge in [0, 0.05) is 12.0 Å². The molecule has 0 saturated carbocycles. The lowest BCUT2D eigenvalue weighted by Gasteiger charge is -2.25. The molecule has 1 heterocycles. The van der Waals surface area contributed by atoms with Crippen LogP contribution in [-0.4, -0.2) is 19.8 Å². The number of hydrogen-bond donors (Lipinski definition) is 0. The molecule has 2 nitrogen and oxygen atoms in total. The van der Waals surface area contributed by atoms with E-state index >= 15 is 0 Å². The van der Waals surface area contributed by atoms with Crippen LogP contribution in [0.15, 0.2) is 18.2 Å². The van der Waals surface area contributed by atoms with Crippen molar-refractivity contribution in [2.45, 2.75) is 0 Å². The largest absolute Gasteiger partial charge is 0.490 e. The van der Waals surface area contributed by atoms with Crippen molar-refractivity contribution < 1.29 is 18.3 Å². The van der Waals surface area contributed by atoms with Crippen LogP contribution < -0.4 is 4.74 Å². The molecule has 0 atom stereocenters. The van der Waals surface area contributed by atoms with Crippen LogP contribution in [0.4, 0.5) is 8.78 Å². The molecular formula is C10H10F2O2. The minimum Gasteiger partial charge on any atom is -0.490 e. The molecule has 4 heteroatoms. The molecule has 1 aliphatic heterocycles. The van der Waals surface area contributed by atoms with E-state index in [9.17, 15) is 8.78 Å². The van der Waals surface area contributed by atoms with Crippen LogP contribution in [-0.2, 0) is 4.74 Å². The molecule has 1 aromatic carbocycles. The fraction of sp³-hybridized carbons (Fsp3) is 0.400. The zero-order valence-corrected chi connectivity index (χ0v) is 7.50. The summed E-state index contributed by atoms with van der Waals surface area (Å²) >= 11 is 0. The van der Waals surface area contributed by atoms with Crippen LogP contribution >= 0.6 is 0 Å². The zero-order valence-electron chi connectivity index (χ0n) is 7.50. The monoisotopic (exact) mass is 200 g/mol. The van der Waals surface area contributed by atoms with Gasteiger partial charge in [0.2, 0.25) is 0 Å². The van der Waals surface area contributed by atoms with Crippen LogP contribution in [0.1, 0.15) is 0 Å². The Balaban J connectivity index is 1.94. The van der Waals surface area contributed by atoms with Crippen LogP contribution in [0, 0.1) is 17.6 Å². The van der Waals surface area contributed by atoms with Gasteiger partial charge in [-0.1, -0.05) is 0 Å². The Hall–Kier alpha value is -1.16. The smallest absolute Gasteiger partial charge is 0.167 e. The van der Waals surface area contributed by atoms with Gasteiger partial charge in [-0.3, -0.25) is 0 Å². The molecule has 2 rings (SSSR count). The van der Waals surface area contributed by atoms with E-state index in [4.69, 9.17) is 9.47 Å². The zero-order chi connectivity index (χ0) is 9.97. The lowest BCUT2D eigenvalue weighted by Crippen LogP contribution is -2.32. The quantitative estimate of drug-likeness (QED) is 0.742. The van der Waals surface area contributed by atoms with Crippen LogP contribution in [0.5, 0.6) is 5.75 Å². The van der Waals surface area contributed by atoms with E-state index in [0.717, 1.165) is 6.07 Å². The fourth-order valence-electron chi connectivity index (χ4n) is 1.18. The van der Waals surface area contributed by atoms with E-state index in [0.29, 0.717) is 25.7 Å². The summed E-state index contributed by atoms with van der Waals surface area (Å²) in [6.07, 6.45) is 0. The van der Waals surface area contributed by atoms with Gasteiger partial charge < -0.3 is 9.47 Å². The highest BCUT2D eigenvalue weighted by atomic mass is 19.1. The van der Waals surface area contributed by atoms with E-state index in [-0.39, 0.29) is 5.75 Å². The number of ether oxygens (including phenoxy) is 2. The van der Waals surface area contributed by atoms with Crippen molar-refractivity contribution in [3.8, 4) is 5.75 Å². The summed E-state index contributed by atoms with van der Waals surface area (Å²) in [5, 5.41) is 0. The first-order valence-electron chi connectivity index (χ1n) is 4.41. The molecule has 0 aromatic heterocycles. The summed E-state index contributed by atoms with van der Waals surface area (Å²) in [6, 6.07) is 3.28. The van der Waals surface area contributed by atoms with Gasteiger partial charge in [0.15, 0.2) is 11.6 Å². The second-order valence-corrected chi connectivity index (χ2v) is 3.29. The van der Waals surface area contributed by atoms with Gasteiger partial charge in [-0.25, -0.2) is 8.78 Å². The van der Waals surface area contributed by atoms with Gasteiger partial charge >= 0.3 is 0 Å². The number of halogens is 2. The Morgan fingerprint density at radius 1 is 1.36 bits per heavy atom. The third-order valence-electron chi connectivity index (χ3n) is 2.08. The summed E-state index contributed by atoms with van der Waals surface area (Å²) in [5.41, 5.74) is 0. The van der Waals surface area contributed by atoms with Crippen molar-refractivity contribution in [1.82, 2.24) is 0 Å². The molecule has 1 saturated heterocycles. The highest BCUT2D eigenvalue weighted by molar-refractivity contribution is 5.24. The Bertz CT molecular complexity index is 324. The molecule has 0 radical (unpaired) electrons. The maximum atomic E-state index is 13.0. The molecule has 1 aliphatic rings. The minimum atomic E-state index is -0.662. The molecule has 0 unspecified atom stereocenters. The lowest BCUT2D eigenvalue weighted by atomic mass is 10.1. The molecule has 1 fully saturated rings. The van der Waals surface area contributed by atoms with Gasteiger partial charge in [0.25, 0.3) is 0 Å². The predicted octanol–water partition coefficient (Wildman–Crippen LogP) is 1.99. The summed E-state index contributed by atoms with van der Waals surface area (Å²) in [5.74, 6) is -0.829. The summed E-state index contributed by atoms with van der Waals surface area (Å²) in [4.78, 5) is 0. The Kier molecular flexibility index (Phi) is 2.63. The van der Waals surface area contributed by atoms with Gasteiger partial charge in [-0.2, -0.15) is 0 Å². The van der Waals surface area contributed by atoms with E-state index in [2.05, 4.69) is 0 Å².